The van der Waals surface area contributed by atoms with E-state index < -0.39 is 0 Å². The molecule has 22 heavy (non-hydrogen) atoms. The van der Waals surface area contributed by atoms with Crippen molar-refractivity contribution < 1.29 is 13.9 Å². The van der Waals surface area contributed by atoms with Crippen molar-refractivity contribution in [3.63, 3.8) is 0 Å². The monoisotopic (exact) mass is 294 g/mol. The van der Waals surface area contributed by atoms with Gasteiger partial charge in [0.05, 0.1) is 18.1 Å². The smallest absolute Gasteiger partial charge is 0.201 e. The SMILES string of the molecule is COc1ccc2c(=O)c3c(oc2c1C)COc1ccccc1-3. The summed E-state index contributed by atoms with van der Waals surface area (Å²) in [5, 5.41) is 0.564. The lowest BCUT2D eigenvalue weighted by Gasteiger charge is -2.20. The van der Waals surface area contributed by atoms with E-state index in [0.717, 1.165) is 11.1 Å². The first kappa shape index (κ1) is 13.0. The molecule has 1 aliphatic heterocycles. The maximum atomic E-state index is 12.9. The van der Waals surface area contributed by atoms with Crippen LogP contribution in [-0.4, -0.2) is 7.11 Å². The molecule has 0 aliphatic carbocycles. The van der Waals surface area contributed by atoms with Crippen molar-refractivity contribution in [2.24, 2.45) is 0 Å². The summed E-state index contributed by atoms with van der Waals surface area (Å²) in [6.45, 7) is 2.14. The lowest BCUT2D eigenvalue weighted by atomic mass is 9.98. The standard InChI is InChI=1S/C18H14O4/c1-10-13(20-2)8-7-12-17(19)16-11-5-3-4-6-14(11)21-9-15(16)22-18(10)12/h3-8H,9H2,1-2H3. The highest BCUT2D eigenvalue weighted by atomic mass is 16.5. The van der Waals surface area contributed by atoms with Crippen molar-refractivity contribution in [3.8, 4) is 22.6 Å². The summed E-state index contributed by atoms with van der Waals surface area (Å²) in [6.07, 6.45) is 0. The van der Waals surface area contributed by atoms with Crippen molar-refractivity contribution in [3.05, 3.63) is 57.9 Å². The number of aryl methyl sites for hydroxylation is 1. The van der Waals surface area contributed by atoms with Crippen LogP contribution in [-0.2, 0) is 6.61 Å². The maximum absolute atomic E-state index is 12.9. The van der Waals surface area contributed by atoms with Gasteiger partial charge in [-0.2, -0.15) is 0 Å². The number of para-hydroxylation sites is 1. The van der Waals surface area contributed by atoms with Crippen LogP contribution in [0.4, 0.5) is 0 Å². The van der Waals surface area contributed by atoms with E-state index >= 15 is 0 Å². The Morgan fingerprint density at radius 2 is 1.95 bits per heavy atom. The summed E-state index contributed by atoms with van der Waals surface area (Å²) >= 11 is 0. The third-order valence-corrected chi connectivity index (χ3v) is 4.07. The van der Waals surface area contributed by atoms with Gasteiger partial charge < -0.3 is 13.9 Å². The van der Waals surface area contributed by atoms with Crippen LogP contribution >= 0.6 is 0 Å². The minimum Gasteiger partial charge on any atom is -0.496 e. The van der Waals surface area contributed by atoms with Gasteiger partial charge in [0.1, 0.15) is 23.7 Å². The summed E-state index contributed by atoms with van der Waals surface area (Å²) < 4.78 is 17.0. The minimum absolute atomic E-state index is 0.0299. The summed E-state index contributed by atoms with van der Waals surface area (Å²) in [5.74, 6) is 1.98. The van der Waals surface area contributed by atoms with Crippen LogP contribution in [0.15, 0.2) is 45.6 Å². The Balaban J connectivity index is 2.11. The lowest BCUT2D eigenvalue weighted by Crippen LogP contribution is -2.15. The van der Waals surface area contributed by atoms with Crippen LogP contribution in [0.2, 0.25) is 0 Å². The largest absolute Gasteiger partial charge is 0.496 e. The van der Waals surface area contributed by atoms with Gasteiger partial charge in [0.25, 0.3) is 0 Å². The molecule has 0 spiro atoms. The van der Waals surface area contributed by atoms with Gasteiger partial charge in [0.15, 0.2) is 5.76 Å². The normalized spacial score (nSPS) is 12.5. The fourth-order valence-corrected chi connectivity index (χ4v) is 2.96. The Kier molecular flexibility index (Phi) is 2.73. The molecule has 0 unspecified atom stereocenters. The second-order valence-corrected chi connectivity index (χ2v) is 5.28. The quantitative estimate of drug-likeness (QED) is 0.687. The zero-order chi connectivity index (χ0) is 15.3. The highest BCUT2D eigenvalue weighted by Gasteiger charge is 2.24. The zero-order valence-corrected chi connectivity index (χ0v) is 12.3. The average molecular weight is 294 g/mol. The van der Waals surface area contributed by atoms with E-state index in [1.165, 1.54) is 0 Å². The molecule has 4 rings (SSSR count). The van der Waals surface area contributed by atoms with Crippen LogP contribution in [0.1, 0.15) is 11.3 Å². The molecule has 1 aromatic heterocycles. The fraction of sp³-hybridized carbons (Fsp3) is 0.167. The van der Waals surface area contributed by atoms with Crippen LogP contribution < -0.4 is 14.9 Å². The van der Waals surface area contributed by atoms with Gasteiger partial charge >= 0.3 is 0 Å². The van der Waals surface area contributed by atoms with Gasteiger partial charge in [-0.05, 0) is 25.1 Å². The predicted molar refractivity (Wildman–Crippen MR) is 83.5 cm³/mol. The molecular formula is C18H14O4. The number of rotatable bonds is 1. The van der Waals surface area contributed by atoms with Crippen LogP contribution in [0.3, 0.4) is 0 Å². The second-order valence-electron chi connectivity index (χ2n) is 5.28. The van der Waals surface area contributed by atoms with Crippen molar-refractivity contribution in [2.75, 3.05) is 7.11 Å². The van der Waals surface area contributed by atoms with Gasteiger partial charge in [-0.25, -0.2) is 0 Å². The van der Waals surface area contributed by atoms with E-state index in [1.807, 2.05) is 31.2 Å². The van der Waals surface area contributed by atoms with Crippen LogP contribution in [0.25, 0.3) is 22.1 Å². The van der Waals surface area contributed by atoms with E-state index in [9.17, 15) is 4.79 Å². The number of hydrogen-bond acceptors (Lipinski definition) is 4. The molecule has 0 radical (unpaired) electrons. The van der Waals surface area contributed by atoms with Crippen molar-refractivity contribution in [1.29, 1.82) is 0 Å². The van der Waals surface area contributed by atoms with Gasteiger partial charge in [-0.3, -0.25) is 4.79 Å². The third kappa shape index (κ3) is 1.67. The summed E-state index contributed by atoms with van der Waals surface area (Å²) in [4.78, 5) is 12.9. The first-order valence-electron chi connectivity index (χ1n) is 7.06. The predicted octanol–water partition coefficient (Wildman–Crippen LogP) is 3.67. The first-order valence-corrected chi connectivity index (χ1v) is 7.06. The molecular weight excluding hydrogens is 280 g/mol. The van der Waals surface area contributed by atoms with E-state index in [1.54, 1.807) is 19.2 Å². The molecule has 0 saturated heterocycles. The minimum atomic E-state index is -0.0299. The van der Waals surface area contributed by atoms with E-state index in [4.69, 9.17) is 13.9 Å². The molecule has 4 nitrogen and oxygen atoms in total. The Morgan fingerprint density at radius 1 is 1.14 bits per heavy atom. The first-order chi connectivity index (χ1) is 10.7. The van der Waals surface area contributed by atoms with E-state index in [2.05, 4.69) is 0 Å². The topological polar surface area (TPSA) is 48.7 Å². The Bertz CT molecular complexity index is 953. The molecule has 0 atom stereocenters. The molecule has 3 aromatic rings. The summed E-state index contributed by atoms with van der Waals surface area (Å²) in [7, 11) is 1.60. The van der Waals surface area contributed by atoms with Gasteiger partial charge in [0, 0.05) is 11.1 Å². The second kappa shape index (κ2) is 4.63. The Labute approximate surface area is 126 Å². The molecule has 0 N–H and O–H groups in total. The summed E-state index contributed by atoms with van der Waals surface area (Å²) in [6, 6.07) is 11.1. The van der Waals surface area contributed by atoms with Gasteiger partial charge in [-0.15, -0.1) is 0 Å². The maximum Gasteiger partial charge on any atom is 0.201 e. The average Bonchev–Trinajstić information content (AvgIpc) is 2.55. The number of ether oxygens (including phenoxy) is 2. The van der Waals surface area contributed by atoms with E-state index in [-0.39, 0.29) is 12.0 Å². The van der Waals surface area contributed by atoms with Crippen LogP contribution in [0, 0.1) is 6.92 Å². The Hall–Kier alpha value is -2.75. The summed E-state index contributed by atoms with van der Waals surface area (Å²) in [5.41, 5.74) is 2.73. The molecule has 2 aromatic carbocycles. The van der Waals surface area contributed by atoms with Crippen molar-refractivity contribution in [1.82, 2.24) is 0 Å². The van der Waals surface area contributed by atoms with E-state index in [0.29, 0.717) is 33.8 Å². The van der Waals surface area contributed by atoms with Gasteiger partial charge in [-0.1, -0.05) is 18.2 Å². The molecule has 2 heterocycles. The Morgan fingerprint density at radius 3 is 2.77 bits per heavy atom. The van der Waals surface area contributed by atoms with Crippen LogP contribution in [0.5, 0.6) is 11.5 Å². The number of methoxy groups -OCH3 is 1. The molecule has 0 fully saturated rings. The highest BCUT2D eigenvalue weighted by molar-refractivity contribution is 5.87. The molecule has 0 saturated carbocycles. The molecule has 110 valence electrons. The third-order valence-electron chi connectivity index (χ3n) is 4.07. The molecule has 1 aliphatic rings. The molecule has 0 bridgehead atoms. The lowest BCUT2D eigenvalue weighted by molar-refractivity contribution is 0.266. The number of fused-ring (bicyclic) bond motifs is 4. The van der Waals surface area contributed by atoms with Crippen molar-refractivity contribution >= 4 is 11.0 Å². The zero-order valence-electron chi connectivity index (χ0n) is 12.3. The molecule has 4 heteroatoms. The molecule has 0 amide bonds. The fourth-order valence-electron chi connectivity index (χ4n) is 2.96. The number of benzene rings is 2. The van der Waals surface area contributed by atoms with Crippen molar-refractivity contribution in [2.45, 2.75) is 13.5 Å². The highest BCUT2D eigenvalue weighted by Crippen LogP contribution is 2.37. The van der Waals surface area contributed by atoms with Gasteiger partial charge in [0.2, 0.25) is 5.43 Å². The number of hydrogen-bond donors (Lipinski definition) is 0.